The molecule has 2 heterocycles. The van der Waals surface area contributed by atoms with Crippen molar-refractivity contribution in [3.63, 3.8) is 0 Å². The van der Waals surface area contributed by atoms with Gasteiger partial charge in [-0.05, 0) is 55.5 Å². The number of aromatic nitrogens is 3. The highest BCUT2D eigenvalue weighted by Gasteiger charge is 2.11. The molecule has 5 heteroatoms. The number of imidazole rings is 1. The molecule has 0 unspecified atom stereocenters. The summed E-state index contributed by atoms with van der Waals surface area (Å²) in [5.41, 5.74) is 4.99. The molecule has 0 aliphatic heterocycles. The Morgan fingerprint density at radius 2 is 1.69 bits per heavy atom. The first-order valence-electron chi connectivity index (χ1n) is 8.39. The molecule has 0 aliphatic rings. The van der Waals surface area contributed by atoms with E-state index in [-0.39, 0.29) is 5.91 Å². The number of nitrogens with zero attached hydrogens (tertiary/aromatic N) is 3. The summed E-state index contributed by atoms with van der Waals surface area (Å²) in [4.78, 5) is 21.2. The monoisotopic (exact) mass is 342 g/mol. The maximum absolute atomic E-state index is 12.3. The van der Waals surface area contributed by atoms with Gasteiger partial charge in [0.15, 0.2) is 0 Å². The van der Waals surface area contributed by atoms with Gasteiger partial charge in [0.25, 0.3) is 5.91 Å². The smallest absolute Gasteiger partial charge is 0.274 e. The number of anilines is 1. The highest BCUT2D eigenvalue weighted by atomic mass is 16.1. The fraction of sp³-hybridized carbons (Fsp3) is 0.0952. The molecule has 128 valence electrons. The maximum Gasteiger partial charge on any atom is 0.274 e. The standard InChI is InChI=1S/C21H18N4O/c1-14-6-5-8-18(22-14)21(26)23-16-12-10-15(11-13-16)20-24-17-7-3-4-9-19(17)25(20)2/h3-13H,1-2H3,(H,23,26). The molecule has 4 rings (SSSR count). The van der Waals surface area contributed by atoms with Crippen LogP contribution >= 0.6 is 0 Å². The number of benzene rings is 2. The van der Waals surface area contributed by atoms with Crippen molar-refractivity contribution in [2.24, 2.45) is 7.05 Å². The van der Waals surface area contributed by atoms with E-state index in [2.05, 4.69) is 20.9 Å². The van der Waals surface area contributed by atoms with Crippen LogP contribution in [0.5, 0.6) is 0 Å². The lowest BCUT2D eigenvalue weighted by atomic mass is 10.2. The minimum atomic E-state index is -0.218. The quantitative estimate of drug-likeness (QED) is 0.607. The molecular weight excluding hydrogens is 324 g/mol. The fourth-order valence-corrected chi connectivity index (χ4v) is 2.97. The van der Waals surface area contributed by atoms with Crippen LogP contribution in [0.15, 0.2) is 66.7 Å². The summed E-state index contributed by atoms with van der Waals surface area (Å²) in [6, 6.07) is 21.1. The maximum atomic E-state index is 12.3. The van der Waals surface area contributed by atoms with E-state index in [0.29, 0.717) is 5.69 Å². The Balaban J connectivity index is 1.58. The lowest BCUT2D eigenvalue weighted by Crippen LogP contribution is -2.13. The second-order valence-electron chi connectivity index (χ2n) is 6.18. The number of fused-ring (bicyclic) bond motifs is 1. The average Bonchev–Trinajstić information content (AvgIpc) is 2.99. The third-order valence-corrected chi connectivity index (χ3v) is 4.31. The Morgan fingerprint density at radius 1 is 0.923 bits per heavy atom. The van der Waals surface area contributed by atoms with Crippen LogP contribution in [0, 0.1) is 6.92 Å². The van der Waals surface area contributed by atoms with Gasteiger partial charge < -0.3 is 9.88 Å². The molecule has 0 radical (unpaired) electrons. The summed E-state index contributed by atoms with van der Waals surface area (Å²) in [5.74, 6) is 0.675. The van der Waals surface area contributed by atoms with Crippen molar-refractivity contribution in [1.29, 1.82) is 0 Å². The van der Waals surface area contributed by atoms with Crippen LogP contribution in [0.3, 0.4) is 0 Å². The van der Waals surface area contributed by atoms with Crippen LogP contribution in [0.2, 0.25) is 0 Å². The third-order valence-electron chi connectivity index (χ3n) is 4.31. The Bertz CT molecular complexity index is 1100. The van der Waals surface area contributed by atoms with Crippen molar-refractivity contribution in [1.82, 2.24) is 14.5 Å². The van der Waals surface area contributed by atoms with Crippen molar-refractivity contribution in [2.45, 2.75) is 6.92 Å². The predicted octanol–water partition coefficient (Wildman–Crippen LogP) is 4.20. The molecule has 26 heavy (non-hydrogen) atoms. The third kappa shape index (κ3) is 2.95. The zero-order valence-electron chi connectivity index (χ0n) is 14.6. The van der Waals surface area contributed by atoms with Gasteiger partial charge in [-0.2, -0.15) is 0 Å². The van der Waals surface area contributed by atoms with Crippen molar-refractivity contribution < 1.29 is 4.79 Å². The summed E-state index contributed by atoms with van der Waals surface area (Å²) >= 11 is 0. The Hall–Kier alpha value is -3.47. The highest BCUT2D eigenvalue weighted by Crippen LogP contribution is 2.24. The summed E-state index contributed by atoms with van der Waals surface area (Å²) < 4.78 is 2.07. The van der Waals surface area contributed by atoms with Gasteiger partial charge in [-0.25, -0.2) is 9.97 Å². The van der Waals surface area contributed by atoms with Crippen LogP contribution < -0.4 is 5.32 Å². The van der Waals surface area contributed by atoms with E-state index in [1.165, 1.54) is 0 Å². The molecule has 0 bridgehead atoms. The van der Waals surface area contributed by atoms with Gasteiger partial charge in [-0.3, -0.25) is 4.79 Å². The number of para-hydroxylation sites is 2. The molecule has 0 atom stereocenters. The van der Waals surface area contributed by atoms with Crippen molar-refractivity contribution in [3.8, 4) is 11.4 Å². The fourth-order valence-electron chi connectivity index (χ4n) is 2.97. The van der Waals surface area contributed by atoms with E-state index in [1.54, 1.807) is 6.07 Å². The van der Waals surface area contributed by atoms with E-state index in [1.807, 2.05) is 68.6 Å². The lowest BCUT2D eigenvalue weighted by Gasteiger charge is -2.07. The van der Waals surface area contributed by atoms with Gasteiger partial charge in [-0.15, -0.1) is 0 Å². The zero-order chi connectivity index (χ0) is 18.1. The molecule has 0 saturated carbocycles. The first-order valence-corrected chi connectivity index (χ1v) is 8.39. The summed E-state index contributed by atoms with van der Waals surface area (Å²) in [7, 11) is 2.00. The van der Waals surface area contributed by atoms with Crippen LogP contribution in [0.4, 0.5) is 5.69 Å². The molecule has 4 aromatic rings. The van der Waals surface area contributed by atoms with Gasteiger partial charge in [0.05, 0.1) is 11.0 Å². The van der Waals surface area contributed by atoms with E-state index in [4.69, 9.17) is 4.98 Å². The number of hydrogen-bond acceptors (Lipinski definition) is 3. The first kappa shape index (κ1) is 16.0. The molecule has 1 amide bonds. The molecule has 0 aliphatic carbocycles. The molecule has 2 aromatic carbocycles. The van der Waals surface area contributed by atoms with Crippen molar-refractivity contribution in [3.05, 3.63) is 78.1 Å². The number of pyridine rings is 1. The topological polar surface area (TPSA) is 59.8 Å². The van der Waals surface area contributed by atoms with Crippen LogP contribution in [0.25, 0.3) is 22.4 Å². The predicted molar refractivity (Wildman–Crippen MR) is 103 cm³/mol. The number of hydrogen-bond donors (Lipinski definition) is 1. The van der Waals surface area contributed by atoms with Gasteiger partial charge in [0, 0.05) is 24.0 Å². The largest absolute Gasteiger partial charge is 0.327 e. The van der Waals surface area contributed by atoms with E-state index < -0.39 is 0 Å². The van der Waals surface area contributed by atoms with Crippen molar-refractivity contribution in [2.75, 3.05) is 5.32 Å². The van der Waals surface area contributed by atoms with Gasteiger partial charge in [0.1, 0.15) is 11.5 Å². The number of aryl methyl sites for hydroxylation is 2. The zero-order valence-corrected chi connectivity index (χ0v) is 14.6. The molecule has 0 saturated heterocycles. The van der Waals surface area contributed by atoms with Gasteiger partial charge >= 0.3 is 0 Å². The first-order chi connectivity index (χ1) is 12.6. The van der Waals surface area contributed by atoms with Gasteiger partial charge in [-0.1, -0.05) is 18.2 Å². The summed E-state index contributed by atoms with van der Waals surface area (Å²) in [6.45, 7) is 1.86. The van der Waals surface area contributed by atoms with E-state index >= 15 is 0 Å². The molecule has 0 spiro atoms. The number of rotatable bonds is 3. The highest BCUT2D eigenvalue weighted by molar-refractivity contribution is 6.03. The molecule has 1 N–H and O–H groups in total. The molecule has 2 aromatic heterocycles. The molecule has 5 nitrogen and oxygen atoms in total. The molecular formula is C21H18N4O. The Morgan fingerprint density at radius 3 is 2.42 bits per heavy atom. The number of carbonyl (C=O) groups excluding carboxylic acids is 1. The number of nitrogens with one attached hydrogen (secondary N) is 1. The number of carbonyl (C=O) groups is 1. The van der Waals surface area contributed by atoms with Crippen LogP contribution in [0.1, 0.15) is 16.2 Å². The second kappa shape index (κ2) is 6.44. The normalized spacial score (nSPS) is 10.8. The SMILES string of the molecule is Cc1cccc(C(=O)Nc2ccc(-c3nc4ccccc4n3C)cc2)n1. The summed E-state index contributed by atoms with van der Waals surface area (Å²) in [5, 5.41) is 2.88. The van der Waals surface area contributed by atoms with E-state index in [0.717, 1.165) is 33.8 Å². The Kier molecular flexibility index (Phi) is 3.97. The molecule has 0 fully saturated rings. The van der Waals surface area contributed by atoms with Gasteiger partial charge in [0.2, 0.25) is 0 Å². The minimum Gasteiger partial charge on any atom is -0.327 e. The van der Waals surface area contributed by atoms with Crippen molar-refractivity contribution >= 4 is 22.6 Å². The Labute approximate surface area is 151 Å². The average molecular weight is 342 g/mol. The van der Waals surface area contributed by atoms with Crippen LogP contribution in [-0.2, 0) is 7.05 Å². The lowest BCUT2D eigenvalue weighted by molar-refractivity contribution is 0.102. The van der Waals surface area contributed by atoms with Crippen LogP contribution in [-0.4, -0.2) is 20.4 Å². The van der Waals surface area contributed by atoms with E-state index in [9.17, 15) is 4.79 Å². The summed E-state index contributed by atoms with van der Waals surface area (Å²) in [6.07, 6.45) is 0. The number of amides is 1. The minimum absolute atomic E-state index is 0.218. The second-order valence-corrected chi connectivity index (χ2v) is 6.18.